The van der Waals surface area contributed by atoms with E-state index >= 15 is 0 Å². The van der Waals surface area contributed by atoms with Gasteiger partial charge in [0, 0.05) is 12.6 Å². The van der Waals surface area contributed by atoms with Crippen LogP contribution >= 0.6 is 0 Å². The third-order valence-electron chi connectivity index (χ3n) is 3.71. The van der Waals surface area contributed by atoms with Gasteiger partial charge in [-0.05, 0) is 44.2 Å². The minimum absolute atomic E-state index is 0.0322. The maximum absolute atomic E-state index is 9.22. The molecular weight excluding hydrogens is 200 g/mol. The molecule has 0 heterocycles. The quantitative estimate of drug-likeness (QED) is 0.749. The summed E-state index contributed by atoms with van der Waals surface area (Å²) < 4.78 is 0. The Kier molecular flexibility index (Phi) is 4.77. The maximum atomic E-state index is 9.22. The van der Waals surface area contributed by atoms with Gasteiger partial charge < -0.3 is 15.7 Å². The number of nitrogens with zero attached hydrogens (tertiary/aromatic N) is 1. The second-order valence-electron chi connectivity index (χ2n) is 6.51. The van der Waals surface area contributed by atoms with E-state index < -0.39 is 0 Å². The van der Waals surface area contributed by atoms with Crippen molar-refractivity contribution in [3.63, 3.8) is 0 Å². The highest BCUT2D eigenvalue weighted by Crippen LogP contribution is 2.27. The average Bonchev–Trinajstić information content (AvgIpc) is 2.10. The van der Waals surface area contributed by atoms with Crippen molar-refractivity contribution in [1.82, 2.24) is 4.90 Å². The van der Waals surface area contributed by atoms with E-state index in [1.54, 1.807) is 0 Å². The summed E-state index contributed by atoms with van der Waals surface area (Å²) in [6, 6.07) is 0.266. The first-order valence-corrected chi connectivity index (χ1v) is 6.41. The predicted molar refractivity (Wildman–Crippen MR) is 68.3 cm³/mol. The second kappa shape index (κ2) is 5.48. The number of hydrogen-bond donors (Lipinski definition) is 2. The Morgan fingerprint density at radius 3 is 2.38 bits per heavy atom. The highest BCUT2D eigenvalue weighted by Gasteiger charge is 2.28. The molecule has 1 fully saturated rings. The topological polar surface area (TPSA) is 49.5 Å². The zero-order valence-corrected chi connectivity index (χ0v) is 11.2. The lowest BCUT2D eigenvalue weighted by Gasteiger charge is -2.35. The Hall–Kier alpha value is -0.120. The van der Waals surface area contributed by atoms with Crippen LogP contribution in [0.25, 0.3) is 0 Å². The van der Waals surface area contributed by atoms with Crippen LogP contribution in [0.1, 0.15) is 40.0 Å². The highest BCUT2D eigenvalue weighted by atomic mass is 16.3. The van der Waals surface area contributed by atoms with Crippen LogP contribution in [-0.2, 0) is 0 Å². The maximum Gasteiger partial charge on any atom is 0.0546 e. The molecule has 1 unspecified atom stereocenters. The fourth-order valence-corrected chi connectivity index (χ4v) is 2.17. The first-order valence-electron chi connectivity index (χ1n) is 6.41. The van der Waals surface area contributed by atoms with Gasteiger partial charge in [0.15, 0.2) is 0 Å². The molecular formula is C13H28N2O. The van der Waals surface area contributed by atoms with Gasteiger partial charge in [-0.1, -0.05) is 20.8 Å². The van der Waals surface area contributed by atoms with Crippen LogP contribution in [0, 0.1) is 11.3 Å². The molecule has 3 nitrogen and oxygen atoms in total. The molecule has 0 saturated heterocycles. The van der Waals surface area contributed by atoms with Crippen molar-refractivity contribution >= 4 is 0 Å². The van der Waals surface area contributed by atoms with Crippen molar-refractivity contribution in [1.29, 1.82) is 0 Å². The smallest absolute Gasteiger partial charge is 0.0546 e. The van der Waals surface area contributed by atoms with E-state index in [4.69, 9.17) is 5.73 Å². The summed E-state index contributed by atoms with van der Waals surface area (Å²) in [6.45, 7) is 8.75. The van der Waals surface area contributed by atoms with Crippen LogP contribution in [0.5, 0.6) is 0 Å². The van der Waals surface area contributed by atoms with Crippen LogP contribution in [0.2, 0.25) is 0 Å². The SMILES string of the molecule is CN(CCC(N)C(C)(C)C)CC1CC(O)C1. The van der Waals surface area contributed by atoms with E-state index in [9.17, 15) is 5.11 Å². The molecule has 1 rings (SSSR count). The normalized spacial score (nSPS) is 27.9. The average molecular weight is 228 g/mol. The van der Waals surface area contributed by atoms with Crippen LogP contribution in [0.3, 0.4) is 0 Å². The van der Waals surface area contributed by atoms with E-state index in [1.807, 2.05) is 0 Å². The molecule has 1 aliphatic carbocycles. The lowest BCUT2D eigenvalue weighted by Crippen LogP contribution is -2.41. The van der Waals surface area contributed by atoms with Gasteiger partial charge in [0.05, 0.1) is 6.10 Å². The largest absolute Gasteiger partial charge is 0.393 e. The molecule has 1 atom stereocenters. The van der Waals surface area contributed by atoms with E-state index in [1.165, 1.54) is 0 Å². The lowest BCUT2D eigenvalue weighted by molar-refractivity contribution is 0.0276. The summed E-state index contributed by atoms with van der Waals surface area (Å²) >= 11 is 0. The summed E-state index contributed by atoms with van der Waals surface area (Å²) in [5, 5.41) is 9.22. The van der Waals surface area contributed by atoms with Crippen molar-refractivity contribution in [3.8, 4) is 0 Å². The van der Waals surface area contributed by atoms with E-state index in [2.05, 4.69) is 32.7 Å². The van der Waals surface area contributed by atoms with E-state index in [0.717, 1.165) is 32.4 Å². The first kappa shape index (κ1) is 13.9. The minimum Gasteiger partial charge on any atom is -0.393 e. The van der Waals surface area contributed by atoms with Crippen molar-refractivity contribution < 1.29 is 5.11 Å². The fraction of sp³-hybridized carbons (Fsp3) is 1.00. The second-order valence-corrected chi connectivity index (χ2v) is 6.51. The number of aliphatic hydroxyl groups excluding tert-OH is 1. The third kappa shape index (κ3) is 4.40. The molecule has 1 saturated carbocycles. The summed E-state index contributed by atoms with van der Waals surface area (Å²) in [4.78, 5) is 2.35. The summed E-state index contributed by atoms with van der Waals surface area (Å²) in [6.07, 6.45) is 2.98. The fourth-order valence-electron chi connectivity index (χ4n) is 2.17. The summed E-state index contributed by atoms with van der Waals surface area (Å²) in [5.41, 5.74) is 6.33. The number of hydrogen-bond acceptors (Lipinski definition) is 3. The van der Waals surface area contributed by atoms with Crippen LogP contribution in [-0.4, -0.2) is 42.3 Å². The van der Waals surface area contributed by atoms with Gasteiger partial charge >= 0.3 is 0 Å². The Morgan fingerprint density at radius 2 is 1.94 bits per heavy atom. The zero-order valence-electron chi connectivity index (χ0n) is 11.2. The molecule has 1 aliphatic rings. The van der Waals surface area contributed by atoms with Crippen LogP contribution in [0.4, 0.5) is 0 Å². The molecule has 0 amide bonds. The van der Waals surface area contributed by atoms with Crippen molar-refractivity contribution in [2.24, 2.45) is 17.1 Å². The first-order chi connectivity index (χ1) is 7.29. The Labute approximate surface area is 100 Å². The zero-order chi connectivity index (χ0) is 12.3. The molecule has 0 aromatic carbocycles. The van der Waals surface area contributed by atoms with Gasteiger partial charge in [-0.25, -0.2) is 0 Å². The van der Waals surface area contributed by atoms with Gasteiger partial charge in [-0.2, -0.15) is 0 Å². The molecule has 0 spiro atoms. The molecule has 0 radical (unpaired) electrons. The highest BCUT2D eigenvalue weighted by molar-refractivity contribution is 4.82. The Balaban J connectivity index is 2.13. The molecule has 0 bridgehead atoms. The molecule has 0 aromatic heterocycles. The molecule has 0 aliphatic heterocycles. The lowest BCUT2D eigenvalue weighted by atomic mass is 9.82. The molecule has 16 heavy (non-hydrogen) atoms. The predicted octanol–water partition coefficient (Wildman–Crippen LogP) is 1.45. The van der Waals surface area contributed by atoms with Gasteiger partial charge in [-0.3, -0.25) is 0 Å². The monoisotopic (exact) mass is 228 g/mol. The van der Waals surface area contributed by atoms with Crippen LogP contribution in [0.15, 0.2) is 0 Å². The van der Waals surface area contributed by atoms with Gasteiger partial charge in [0.25, 0.3) is 0 Å². The van der Waals surface area contributed by atoms with Gasteiger partial charge in [0.2, 0.25) is 0 Å². The molecule has 0 aromatic rings. The number of rotatable bonds is 5. The molecule has 3 heteroatoms. The summed E-state index contributed by atoms with van der Waals surface area (Å²) in [7, 11) is 2.15. The van der Waals surface area contributed by atoms with Gasteiger partial charge in [0.1, 0.15) is 0 Å². The summed E-state index contributed by atoms with van der Waals surface area (Å²) in [5.74, 6) is 0.700. The van der Waals surface area contributed by atoms with Crippen molar-refractivity contribution in [3.05, 3.63) is 0 Å². The number of nitrogens with two attached hydrogens (primary N) is 1. The van der Waals surface area contributed by atoms with Crippen molar-refractivity contribution in [2.45, 2.75) is 52.2 Å². The Bertz CT molecular complexity index is 206. The standard InChI is InChI=1S/C13H28N2O/c1-13(2,3)12(14)5-6-15(4)9-10-7-11(16)8-10/h10-12,16H,5-9,14H2,1-4H3. The van der Waals surface area contributed by atoms with E-state index in [0.29, 0.717) is 5.92 Å². The minimum atomic E-state index is -0.0322. The molecule has 3 N–H and O–H groups in total. The third-order valence-corrected chi connectivity index (χ3v) is 3.71. The van der Waals surface area contributed by atoms with E-state index in [-0.39, 0.29) is 17.6 Å². The number of aliphatic hydroxyl groups is 1. The molecule has 96 valence electrons. The van der Waals surface area contributed by atoms with Crippen molar-refractivity contribution in [2.75, 3.05) is 20.1 Å². The Morgan fingerprint density at radius 1 is 1.38 bits per heavy atom. The van der Waals surface area contributed by atoms with Crippen LogP contribution < -0.4 is 5.73 Å². The van der Waals surface area contributed by atoms with Gasteiger partial charge in [-0.15, -0.1) is 0 Å².